The number of aromatic amines is 1. The number of H-pyrrole nitrogens is 1. The van der Waals surface area contributed by atoms with Gasteiger partial charge in [-0.2, -0.15) is 4.98 Å². The van der Waals surface area contributed by atoms with Gasteiger partial charge in [0, 0.05) is 19.2 Å². The highest BCUT2D eigenvalue weighted by Crippen LogP contribution is 2.21. The number of hydrogen-bond donors (Lipinski definition) is 2. The lowest BCUT2D eigenvalue weighted by atomic mass is 9.97. The summed E-state index contributed by atoms with van der Waals surface area (Å²) in [7, 11) is 2.01. The fourth-order valence-corrected chi connectivity index (χ4v) is 2.47. The third kappa shape index (κ3) is 2.60. The number of rotatable bonds is 4. The SMILES string of the molecule is CNCC1CCN(c2n[nH]c(-c3ccon3)n2)CC1. The summed E-state index contributed by atoms with van der Waals surface area (Å²) in [5, 5.41) is 14.2. The molecule has 7 heteroatoms. The molecule has 1 aliphatic heterocycles. The Morgan fingerprint density at radius 1 is 1.47 bits per heavy atom. The molecule has 0 radical (unpaired) electrons. The van der Waals surface area contributed by atoms with Gasteiger partial charge in [0.1, 0.15) is 6.26 Å². The van der Waals surface area contributed by atoms with E-state index in [2.05, 4.69) is 30.6 Å². The van der Waals surface area contributed by atoms with Gasteiger partial charge in [-0.3, -0.25) is 5.10 Å². The average Bonchev–Trinajstić information content (AvgIpc) is 3.11. The molecule has 1 aliphatic rings. The first-order valence-corrected chi connectivity index (χ1v) is 6.59. The maximum Gasteiger partial charge on any atom is 0.245 e. The summed E-state index contributed by atoms with van der Waals surface area (Å²) in [5.74, 6) is 2.16. The molecule has 0 aromatic carbocycles. The molecule has 3 rings (SSSR count). The van der Waals surface area contributed by atoms with Crippen LogP contribution in [-0.4, -0.2) is 47.0 Å². The zero-order valence-electron chi connectivity index (χ0n) is 11.0. The van der Waals surface area contributed by atoms with E-state index in [9.17, 15) is 0 Å². The molecule has 19 heavy (non-hydrogen) atoms. The molecule has 3 heterocycles. The number of hydrogen-bond acceptors (Lipinski definition) is 6. The van der Waals surface area contributed by atoms with Crippen molar-refractivity contribution in [1.29, 1.82) is 0 Å². The molecule has 0 atom stereocenters. The zero-order valence-corrected chi connectivity index (χ0v) is 11.0. The van der Waals surface area contributed by atoms with Crippen LogP contribution in [0.5, 0.6) is 0 Å². The van der Waals surface area contributed by atoms with E-state index >= 15 is 0 Å². The first-order valence-electron chi connectivity index (χ1n) is 6.59. The Labute approximate surface area is 111 Å². The van der Waals surface area contributed by atoms with Crippen LogP contribution >= 0.6 is 0 Å². The van der Waals surface area contributed by atoms with Gasteiger partial charge in [0.2, 0.25) is 5.95 Å². The normalized spacial score (nSPS) is 17.0. The Kier molecular flexibility index (Phi) is 3.45. The van der Waals surface area contributed by atoms with Crippen molar-refractivity contribution in [3.8, 4) is 11.5 Å². The van der Waals surface area contributed by atoms with Crippen molar-refractivity contribution in [1.82, 2.24) is 25.7 Å². The average molecular weight is 262 g/mol. The minimum Gasteiger partial charge on any atom is -0.364 e. The van der Waals surface area contributed by atoms with Crippen molar-refractivity contribution in [3.63, 3.8) is 0 Å². The van der Waals surface area contributed by atoms with Crippen LogP contribution in [-0.2, 0) is 0 Å². The van der Waals surface area contributed by atoms with E-state index in [0.717, 1.165) is 31.5 Å². The van der Waals surface area contributed by atoms with Crippen LogP contribution in [0.25, 0.3) is 11.5 Å². The van der Waals surface area contributed by atoms with Gasteiger partial charge in [-0.15, -0.1) is 5.10 Å². The molecule has 0 aliphatic carbocycles. The number of aromatic nitrogens is 4. The lowest BCUT2D eigenvalue weighted by molar-refractivity contribution is 0.391. The van der Waals surface area contributed by atoms with Crippen LogP contribution in [0.3, 0.4) is 0 Å². The summed E-state index contributed by atoms with van der Waals surface area (Å²) >= 11 is 0. The quantitative estimate of drug-likeness (QED) is 0.851. The summed E-state index contributed by atoms with van der Waals surface area (Å²) in [6.07, 6.45) is 3.88. The maximum absolute atomic E-state index is 4.81. The molecular weight excluding hydrogens is 244 g/mol. The molecule has 2 N–H and O–H groups in total. The fraction of sp³-hybridized carbons (Fsp3) is 0.583. The third-order valence-corrected chi connectivity index (χ3v) is 3.54. The summed E-state index contributed by atoms with van der Waals surface area (Å²) in [5.41, 5.74) is 0.684. The van der Waals surface area contributed by atoms with Crippen molar-refractivity contribution >= 4 is 5.95 Å². The predicted molar refractivity (Wildman–Crippen MR) is 70.7 cm³/mol. The van der Waals surface area contributed by atoms with Crippen LogP contribution in [0.2, 0.25) is 0 Å². The van der Waals surface area contributed by atoms with Gasteiger partial charge in [0.05, 0.1) is 0 Å². The first-order chi connectivity index (χ1) is 9.36. The highest BCUT2D eigenvalue weighted by molar-refractivity contribution is 5.49. The molecule has 2 aromatic rings. The molecule has 1 fully saturated rings. The standard InChI is InChI=1S/C12H18N6O/c1-13-8-9-2-5-18(6-3-9)12-14-11(15-16-12)10-4-7-19-17-10/h4,7,9,13H,2-3,5-6,8H2,1H3,(H,14,15,16). The van der Waals surface area contributed by atoms with E-state index in [-0.39, 0.29) is 0 Å². The van der Waals surface area contributed by atoms with E-state index in [1.54, 1.807) is 6.07 Å². The van der Waals surface area contributed by atoms with Crippen LogP contribution in [0.15, 0.2) is 16.9 Å². The summed E-state index contributed by atoms with van der Waals surface area (Å²) in [6, 6.07) is 1.77. The molecule has 2 aromatic heterocycles. The van der Waals surface area contributed by atoms with Gasteiger partial charge in [-0.25, -0.2) is 0 Å². The molecule has 0 saturated carbocycles. The summed E-state index contributed by atoms with van der Waals surface area (Å²) in [4.78, 5) is 6.68. The number of anilines is 1. The van der Waals surface area contributed by atoms with E-state index in [0.29, 0.717) is 11.5 Å². The number of nitrogens with zero attached hydrogens (tertiary/aromatic N) is 4. The summed E-state index contributed by atoms with van der Waals surface area (Å²) < 4.78 is 4.81. The number of nitrogens with one attached hydrogen (secondary N) is 2. The summed E-state index contributed by atoms with van der Waals surface area (Å²) in [6.45, 7) is 3.09. The van der Waals surface area contributed by atoms with Crippen molar-refractivity contribution < 1.29 is 4.52 Å². The van der Waals surface area contributed by atoms with E-state index < -0.39 is 0 Å². The Balaban J connectivity index is 1.64. The Bertz CT molecular complexity index is 500. The van der Waals surface area contributed by atoms with E-state index in [1.165, 1.54) is 19.1 Å². The molecule has 102 valence electrons. The fourth-order valence-electron chi connectivity index (χ4n) is 2.47. The lowest BCUT2D eigenvalue weighted by Gasteiger charge is -2.30. The third-order valence-electron chi connectivity index (χ3n) is 3.54. The second-order valence-corrected chi connectivity index (χ2v) is 4.86. The largest absolute Gasteiger partial charge is 0.364 e. The highest BCUT2D eigenvalue weighted by Gasteiger charge is 2.21. The van der Waals surface area contributed by atoms with Crippen LogP contribution in [0.1, 0.15) is 12.8 Å². The van der Waals surface area contributed by atoms with Gasteiger partial charge in [0.25, 0.3) is 0 Å². The Morgan fingerprint density at radius 2 is 2.32 bits per heavy atom. The molecule has 7 nitrogen and oxygen atoms in total. The molecule has 0 unspecified atom stereocenters. The second kappa shape index (κ2) is 5.40. The lowest BCUT2D eigenvalue weighted by Crippen LogP contribution is -2.37. The van der Waals surface area contributed by atoms with Gasteiger partial charge in [-0.05, 0) is 32.4 Å². The van der Waals surface area contributed by atoms with Crippen molar-refractivity contribution in [2.24, 2.45) is 5.92 Å². The molecule has 1 saturated heterocycles. The minimum atomic E-state index is 0.654. The second-order valence-electron chi connectivity index (χ2n) is 4.86. The topological polar surface area (TPSA) is 82.9 Å². The minimum absolute atomic E-state index is 0.654. The molecule has 0 amide bonds. The Morgan fingerprint density at radius 3 is 3.00 bits per heavy atom. The van der Waals surface area contributed by atoms with Crippen molar-refractivity contribution in [2.75, 3.05) is 31.6 Å². The van der Waals surface area contributed by atoms with Gasteiger partial charge in [0.15, 0.2) is 11.5 Å². The van der Waals surface area contributed by atoms with Crippen molar-refractivity contribution in [3.05, 3.63) is 12.3 Å². The maximum atomic E-state index is 4.81. The molecule has 0 spiro atoms. The predicted octanol–water partition coefficient (Wildman–Crippen LogP) is 0.895. The van der Waals surface area contributed by atoms with Gasteiger partial charge < -0.3 is 14.7 Å². The van der Waals surface area contributed by atoms with E-state index in [4.69, 9.17) is 4.52 Å². The van der Waals surface area contributed by atoms with Gasteiger partial charge >= 0.3 is 0 Å². The Hall–Kier alpha value is -1.89. The molecular formula is C12H18N6O. The van der Waals surface area contributed by atoms with Crippen LogP contribution < -0.4 is 10.2 Å². The zero-order chi connectivity index (χ0) is 13.1. The van der Waals surface area contributed by atoms with Crippen molar-refractivity contribution in [2.45, 2.75) is 12.8 Å². The molecule has 0 bridgehead atoms. The number of piperidine rings is 1. The monoisotopic (exact) mass is 262 g/mol. The smallest absolute Gasteiger partial charge is 0.245 e. The highest BCUT2D eigenvalue weighted by atomic mass is 16.5. The van der Waals surface area contributed by atoms with Gasteiger partial charge in [-0.1, -0.05) is 5.16 Å². The van der Waals surface area contributed by atoms with Crippen LogP contribution in [0.4, 0.5) is 5.95 Å². The first kappa shape index (κ1) is 12.2. The van der Waals surface area contributed by atoms with E-state index in [1.807, 2.05) is 7.05 Å². The van der Waals surface area contributed by atoms with Crippen LogP contribution in [0, 0.1) is 5.92 Å².